The van der Waals surface area contributed by atoms with Crippen molar-refractivity contribution >= 4 is 38.3 Å². The van der Waals surface area contributed by atoms with Gasteiger partial charge in [-0.05, 0) is 51.2 Å². The molecule has 0 saturated carbocycles. The molecule has 0 bridgehead atoms. The molecule has 2 atom stereocenters. The maximum Gasteiger partial charge on any atom is 0.126 e. The lowest BCUT2D eigenvalue weighted by atomic mass is 9.99. The van der Waals surface area contributed by atoms with Gasteiger partial charge < -0.3 is 4.74 Å². The van der Waals surface area contributed by atoms with Crippen LogP contribution >= 0.6 is 0 Å². The molecule has 3 heteroatoms. The molecule has 0 saturated heterocycles. The monoisotopic (exact) mass is 420 g/mol. The molecule has 0 spiro atoms. The lowest BCUT2D eigenvalue weighted by molar-refractivity contribution is 0.487. The minimum Gasteiger partial charge on any atom is -0.458 e. The lowest BCUT2D eigenvalue weighted by Crippen LogP contribution is -2.46. The molecule has 0 N–H and O–H groups in total. The fourth-order valence-electron chi connectivity index (χ4n) is 5.21. The highest BCUT2D eigenvalue weighted by molar-refractivity contribution is 6.86. The quantitative estimate of drug-likeness (QED) is 0.429. The van der Waals surface area contributed by atoms with Crippen LogP contribution in [0, 0.1) is 0 Å². The van der Waals surface area contributed by atoms with E-state index in [1.165, 1.54) is 32.6 Å². The van der Waals surface area contributed by atoms with E-state index in [1.54, 1.807) is 10.4 Å². The predicted octanol–water partition coefficient (Wildman–Crippen LogP) is 3.31. The number of para-hydroxylation sites is 1. The van der Waals surface area contributed by atoms with Crippen molar-refractivity contribution in [3.8, 4) is 22.6 Å². The number of rotatable bonds is 1. The van der Waals surface area contributed by atoms with Crippen LogP contribution in [-0.2, 0) is 6.42 Å². The van der Waals surface area contributed by atoms with Gasteiger partial charge in [0.2, 0.25) is 0 Å². The van der Waals surface area contributed by atoms with Crippen LogP contribution in [0.2, 0.25) is 13.1 Å². The Morgan fingerprint density at radius 2 is 1.17 bits per heavy atom. The second kappa shape index (κ2) is 6.83. The van der Waals surface area contributed by atoms with Crippen LogP contribution in [0.15, 0.2) is 84.9 Å². The summed E-state index contributed by atoms with van der Waals surface area (Å²) in [5, 5.41) is 6.04. The Morgan fingerprint density at radius 1 is 0.567 bits per heavy atom. The van der Waals surface area contributed by atoms with Gasteiger partial charge >= 0.3 is 0 Å². The Balaban J connectivity index is 1.41. The molecule has 0 aromatic heterocycles. The molecule has 0 fully saturated rings. The highest BCUT2D eigenvalue weighted by Gasteiger charge is 2.26. The van der Waals surface area contributed by atoms with E-state index < -0.39 is 17.6 Å². The van der Waals surface area contributed by atoms with E-state index in [4.69, 9.17) is 4.74 Å². The molecule has 0 unspecified atom stereocenters. The highest BCUT2D eigenvalue weighted by atomic mass is 28.3. The fourth-order valence-corrected chi connectivity index (χ4v) is 10.2. The van der Waals surface area contributed by atoms with E-state index in [-0.39, 0.29) is 0 Å². The second-order valence-electron chi connectivity index (χ2n) is 8.63. The molecule has 0 amide bonds. The molecular formula is C27H24OSi2. The van der Waals surface area contributed by atoms with E-state index in [1.807, 2.05) is 0 Å². The lowest BCUT2D eigenvalue weighted by Gasteiger charge is -2.27. The largest absolute Gasteiger partial charge is 0.458 e. The normalized spacial score (nSPS) is 18.5. The minimum atomic E-state index is -1.24. The van der Waals surface area contributed by atoms with E-state index in [9.17, 15) is 0 Å². The van der Waals surface area contributed by atoms with Crippen molar-refractivity contribution < 1.29 is 4.74 Å². The van der Waals surface area contributed by atoms with Gasteiger partial charge in [-0.15, -0.1) is 0 Å². The summed E-state index contributed by atoms with van der Waals surface area (Å²) in [4.78, 5) is 0. The number of hydrogen-bond donors (Lipinski definition) is 0. The zero-order valence-corrected chi connectivity index (χ0v) is 19.7. The first-order valence-electron chi connectivity index (χ1n) is 10.8. The number of ether oxygens (including phenoxy) is 1. The maximum atomic E-state index is 6.23. The van der Waals surface area contributed by atoms with Gasteiger partial charge in [-0.2, -0.15) is 0 Å². The number of hydrogen-bond acceptors (Lipinski definition) is 1. The standard InChI is InChI=1S/C27H24OSi2/c1-29-24-9-5-3-7-20(24)15-21-12-11-18(16-26(21)29)19-13-14-23-27(17-19)30(2)25-10-6-4-8-22(25)28-23/h3-14,16-17,29-30H,15H2,1-2H3/t29-,30+/m1/s1. The minimum absolute atomic E-state index is 1.05. The molecule has 4 aromatic rings. The Morgan fingerprint density at radius 3 is 2.03 bits per heavy atom. The van der Waals surface area contributed by atoms with Gasteiger partial charge in [0, 0.05) is 0 Å². The summed E-state index contributed by atoms with van der Waals surface area (Å²) >= 11 is 0. The second-order valence-corrected chi connectivity index (χ2v) is 14.0. The molecule has 4 aromatic carbocycles. The molecule has 2 aliphatic rings. The van der Waals surface area contributed by atoms with Gasteiger partial charge in [-0.3, -0.25) is 0 Å². The third-order valence-corrected chi connectivity index (χ3v) is 12.7. The molecule has 6 rings (SSSR count). The van der Waals surface area contributed by atoms with Crippen molar-refractivity contribution in [2.24, 2.45) is 0 Å². The first kappa shape index (κ1) is 17.9. The van der Waals surface area contributed by atoms with Crippen molar-refractivity contribution in [1.82, 2.24) is 0 Å². The van der Waals surface area contributed by atoms with Gasteiger partial charge in [-0.25, -0.2) is 0 Å². The Labute approximate surface area is 181 Å². The zero-order chi connectivity index (χ0) is 20.2. The van der Waals surface area contributed by atoms with E-state index in [2.05, 4.69) is 98.0 Å². The Bertz CT molecular complexity index is 1190. The van der Waals surface area contributed by atoms with E-state index in [0.29, 0.717) is 0 Å². The van der Waals surface area contributed by atoms with E-state index >= 15 is 0 Å². The summed E-state index contributed by atoms with van der Waals surface area (Å²) in [5.41, 5.74) is 5.71. The Hall–Kier alpha value is -2.89. The molecule has 0 radical (unpaired) electrons. The van der Waals surface area contributed by atoms with Crippen molar-refractivity contribution in [1.29, 1.82) is 0 Å². The molecule has 30 heavy (non-hydrogen) atoms. The van der Waals surface area contributed by atoms with Crippen LogP contribution in [0.5, 0.6) is 11.5 Å². The SMILES string of the molecule is C[Si@@H]1c2ccccc2Cc2ccc(-c3ccc4c(c3)[Si@@H](C)c3ccccc3O4)cc21. The molecule has 146 valence electrons. The van der Waals surface area contributed by atoms with Gasteiger partial charge in [-0.1, -0.05) is 96.3 Å². The van der Waals surface area contributed by atoms with Crippen LogP contribution in [0.4, 0.5) is 0 Å². The summed E-state index contributed by atoms with van der Waals surface area (Å²) < 4.78 is 6.23. The summed E-state index contributed by atoms with van der Waals surface area (Å²) in [6.45, 7) is 4.90. The smallest absolute Gasteiger partial charge is 0.126 e. The molecule has 2 aliphatic heterocycles. The van der Waals surface area contributed by atoms with Crippen molar-refractivity contribution in [2.75, 3.05) is 0 Å². The summed E-state index contributed by atoms with van der Waals surface area (Å²) in [7, 11) is -2.38. The predicted molar refractivity (Wildman–Crippen MR) is 132 cm³/mol. The molecule has 2 heterocycles. The summed E-state index contributed by atoms with van der Waals surface area (Å²) in [6.07, 6.45) is 1.07. The average Bonchev–Trinajstić information content (AvgIpc) is 2.79. The summed E-state index contributed by atoms with van der Waals surface area (Å²) in [6, 6.07) is 31.6. The van der Waals surface area contributed by atoms with Crippen LogP contribution in [-0.4, -0.2) is 17.6 Å². The van der Waals surface area contributed by atoms with Crippen LogP contribution in [0.1, 0.15) is 11.1 Å². The van der Waals surface area contributed by atoms with Gasteiger partial charge in [0.1, 0.15) is 29.1 Å². The Kier molecular flexibility index (Phi) is 4.08. The van der Waals surface area contributed by atoms with Crippen molar-refractivity contribution in [3.63, 3.8) is 0 Å². The summed E-state index contributed by atoms with van der Waals surface area (Å²) in [5.74, 6) is 2.09. The average molecular weight is 421 g/mol. The fraction of sp³-hybridized carbons (Fsp3) is 0.111. The highest BCUT2D eigenvalue weighted by Crippen LogP contribution is 2.28. The third-order valence-electron chi connectivity index (χ3n) is 6.93. The van der Waals surface area contributed by atoms with Gasteiger partial charge in [0.25, 0.3) is 0 Å². The van der Waals surface area contributed by atoms with Crippen LogP contribution < -0.4 is 25.5 Å². The first-order valence-corrected chi connectivity index (χ1v) is 15.4. The van der Waals surface area contributed by atoms with Crippen molar-refractivity contribution in [3.05, 3.63) is 96.1 Å². The number of benzene rings is 4. The molecule has 1 nitrogen and oxygen atoms in total. The van der Waals surface area contributed by atoms with Crippen molar-refractivity contribution in [2.45, 2.75) is 19.5 Å². The van der Waals surface area contributed by atoms with Gasteiger partial charge in [0.15, 0.2) is 0 Å². The van der Waals surface area contributed by atoms with E-state index in [0.717, 1.165) is 17.9 Å². The topological polar surface area (TPSA) is 9.23 Å². The third kappa shape index (κ3) is 2.73. The zero-order valence-electron chi connectivity index (χ0n) is 17.4. The van der Waals surface area contributed by atoms with Gasteiger partial charge in [0.05, 0.1) is 0 Å². The number of fused-ring (bicyclic) bond motifs is 4. The molecular weight excluding hydrogens is 396 g/mol. The maximum absolute atomic E-state index is 6.23. The molecule has 0 aliphatic carbocycles. The van der Waals surface area contributed by atoms with Crippen LogP contribution in [0.3, 0.4) is 0 Å². The van der Waals surface area contributed by atoms with Crippen LogP contribution in [0.25, 0.3) is 11.1 Å². The first-order chi connectivity index (χ1) is 14.7.